The number of carbonyl (C=O) groups excluding carboxylic acids is 1. The molecule has 1 aromatic rings. The quantitative estimate of drug-likeness (QED) is 0.860. The first-order valence-corrected chi connectivity index (χ1v) is 8.09. The van der Waals surface area contributed by atoms with Crippen molar-refractivity contribution in [3.63, 3.8) is 0 Å². The van der Waals surface area contributed by atoms with E-state index in [1.807, 2.05) is 25.1 Å². The number of hydrogen-bond donors (Lipinski definition) is 2. The van der Waals surface area contributed by atoms with Gasteiger partial charge in [0.2, 0.25) is 0 Å². The summed E-state index contributed by atoms with van der Waals surface area (Å²) in [5, 5.41) is 13.2. The first-order chi connectivity index (χ1) is 10.6. The highest BCUT2D eigenvalue weighted by atomic mass is 16.6. The van der Waals surface area contributed by atoms with Gasteiger partial charge in [-0.3, -0.25) is 10.1 Å². The number of amides is 1. The molecular formula is C17H24N2O3. The van der Waals surface area contributed by atoms with Gasteiger partial charge in [-0.1, -0.05) is 30.3 Å². The minimum atomic E-state index is -0.876. The summed E-state index contributed by atoms with van der Waals surface area (Å²) in [5.74, 6) is -0.0423. The van der Waals surface area contributed by atoms with Crippen LogP contribution in [0.5, 0.6) is 0 Å². The molecule has 3 rings (SSSR count). The number of morpholine rings is 1. The summed E-state index contributed by atoms with van der Waals surface area (Å²) in [6.07, 6.45) is 2.02. The van der Waals surface area contributed by atoms with Crippen molar-refractivity contribution in [2.45, 2.75) is 57.2 Å². The number of aliphatic hydroxyl groups is 1. The molecule has 0 aromatic heterocycles. The largest absolute Gasteiger partial charge is 0.366 e. The summed E-state index contributed by atoms with van der Waals surface area (Å²) in [6.45, 7) is 2.77. The zero-order chi connectivity index (χ0) is 15.5. The standard InChI is InChI=1S/C17H24N2O3/c1-12(9-10-13-6-3-2-4-7-13)18-15-16(20)19-11-5-8-14(19)17(21)22-15/h2-4,6-7,12,14-15,17-18,21H,5,8-11H2,1H3. The van der Waals surface area contributed by atoms with Crippen LogP contribution >= 0.6 is 0 Å². The summed E-state index contributed by atoms with van der Waals surface area (Å²) in [6, 6.07) is 10.3. The molecule has 0 aliphatic carbocycles. The van der Waals surface area contributed by atoms with E-state index in [4.69, 9.17) is 4.74 Å². The summed E-state index contributed by atoms with van der Waals surface area (Å²) in [4.78, 5) is 14.1. The predicted octanol–water partition coefficient (Wildman–Crippen LogP) is 1.26. The molecule has 5 heteroatoms. The monoisotopic (exact) mass is 304 g/mol. The van der Waals surface area contributed by atoms with Crippen molar-refractivity contribution < 1.29 is 14.6 Å². The molecule has 5 nitrogen and oxygen atoms in total. The Morgan fingerprint density at radius 2 is 2.18 bits per heavy atom. The van der Waals surface area contributed by atoms with Crippen molar-refractivity contribution in [3.8, 4) is 0 Å². The van der Waals surface area contributed by atoms with Gasteiger partial charge in [0, 0.05) is 12.6 Å². The van der Waals surface area contributed by atoms with Gasteiger partial charge in [-0.25, -0.2) is 0 Å². The molecule has 22 heavy (non-hydrogen) atoms. The number of aryl methyl sites for hydroxylation is 1. The summed E-state index contributed by atoms with van der Waals surface area (Å²) in [7, 11) is 0. The number of nitrogens with one attached hydrogen (secondary N) is 1. The molecule has 2 aliphatic rings. The fourth-order valence-electron chi connectivity index (χ4n) is 3.28. The third-order valence-corrected chi connectivity index (χ3v) is 4.56. The van der Waals surface area contributed by atoms with E-state index >= 15 is 0 Å². The Hall–Kier alpha value is -1.43. The van der Waals surface area contributed by atoms with Gasteiger partial charge in [-0.05, 0) is 38.2 Å². The van der Waals surface area contributed by atoms with Gasteiger partial charge in [-0.2, -0.15) is 0 Å². The molecule has 2 fully saturated rings. The third-order valence-electron chi connectivity index (χ3n) is 4.56. The van der Waals surface area contributed by atoms with E-state index in [1.54, 1.807) is 4.90 Å². The number of benzene rings is 1. The van der Waals surface area contributed by atoms with Gasteiger partial charge in [0.15, 0.2) is 12.5 Å². The Kier molecular flexibility index (Phi) is 4.76. The van der Waals surface area contributed by atoms with Crippen LogP contribution in [0, 0.1) is 0 Å². The normalized spacial score (nSPS) is 29.5. The van der Waals surface area contributed by atoms with Crippen molar-refractivity contribution in [3.05, 3.63) is 35.9 Å². The van der Waals surface area contributed by atoms with Gasteiger partial charge >= 0.3 is 0 Å². The van der Waals surface area contributed by atoms with Crippen molar-refractivity contribution in [1.82, 2.24) is 10.2 Å². The Labute approximate surface area is 131 Å². The number of fused-ring (bicyclic) bond motifs is 1. The fourth-order valence-corrected chi connectivity index (χ4v) is 3.28. The molecular weight excluding hydrogens is 280 g/mol. The van der Waals surface area contributed by atoms with Crippen LogP contribution in [0.2, 0.25) is 0 Å². The third kappa shape index (κ3) is 3.32. The summed E-state index contributed by atoms with van der Waals surface area (Å²) < 4.78 is 5.49. The van der Waals surface area contributed by atoms with Crippen LogP contribution in [0.15, 0.2) is 30.3 Å². The highest BCUT2D eigenvalue weighted by Crippen LogP contribution is 2.26. The molecule has 2 N–H and O–H groups in total. The van der Waals surface area contributed by atoms with Crippen LogP contribution < -0.4 is 5.32 Å². The first kappa shape index (κ1) is 15.5. The number of carbonyl (C=O) groups is 1. The Morgan fingerprint density at radius 1 is 1.41 bits per heavy atom. The molecule has 0 spiro atoms. The van der Waals surface area contributed by atoms with Gasteiger partial charge < -0.3 is 14.7 Å². The number of ether oxygens (including phenoxy) is 1. The number of rotatable bonds is 5. The van der Waals surface area contributed by atoms with E-state index in [9.17, 15) is 9.90 Å². The van der Waals surface area contributed by atoms with E-state index < -0.39 is 12.5 Å². The smallest absolute Gasteiger partial charge is 0.267 e. The van der Waals surface area contributed by atoms with E-state index in [1.165, 1.54) is 5.56 Å². The van der Waals surface area contributed by atoms with E-state index in [0.29, 0.717) is 0 Å². The SMILES string of the molecule is CC(CCc1ccccc1)NC1OC(O)C2CCCN2C1=O. The second kappa shape index (κ2) is 6.77. The average Bonchev–Trinajstić information content (AvgIpc) is 3.02. The number of nitrogens with zero attached hydrogens (tertiary/aromatic N) is 1. The molecule has 1 amide bonds. The Bertz CT molecular complexity index is 508. The lowest BCUT2D eigenvalue weighted by Crippen LogP contribution is -2.61. The highest BCUT2D eigenvalue weighted by Gasteiger charge is 2.44. The summed E-state index contributed by atoms with van der Waals surface area (Å²) >= 11 is 0. The van der Waals surface area contributed by atoms with Crippen molar-refractivity contribution in [1.29, 1.82) is 0 Å². The molecule has 1 aromatic carbocycles. The fraction of sp³-hybridized carbons (Fsp3) is 0.588. The van der Waals surface area contributed by atoms with Crippen LogP contribution in [-0.4, -0.2) is 47.1 Å². The minimum Gasteiger partial charge on any atom is -0.366 e. The molecule has 4 atom stereocenters. The van der Waals surface area contributed by atoms with Gasteiger partial charge in [0.05, 0.1) is 6.04 Å². The maximum atomic E-state index is 12.4. The first-order valence-electron chi connectivity index (χ1n) is 8.09. The lowest BCUT2D eigenvalue weighted by Gasteiger charge is -2.39. The summed E-state index contributed by atoms with van der Waals surface area (Å²) in [5.41, 5.74) is 1.28. The lowest BCUT2D eigenvalue weighted by molar-refractivity contribution is -0.216. The highest BCUT2D eigenvalue weighted by molar-refractivity contribution is 5.82. The van der Waals surface area contributed by atoms with Crippen LogP contribution in [0.3, 0.4) is 0 Å². The maximum absolute atomic E-state index is 12.4. The number of aliphatic hydroxyl groups excluding tert-OH is 1. The van der Waals surface area contributed by atoms with Crippen LogP contribution in [-0.2, 0) is 16.0 Å². The van der Waals surface area contributed by atoms with Crippen molar-refractivity contribution in [2.24, 2.45) is 0 Å². The molecule has 120 valence electrons. The van der Waals surface area contributed by atoms with Crippen molar-refractivity contribution >= 4 is 5.91 Å². The van der Waals surface area contributed by atoms with Crippen LogP contribution in [0.4, 0.5) is 0 Å². The molecule has 4 unspecified atom stereocenters. The molecule has 0 radical (unpaired) electrons. The second-order valence-corrected chi connectivity index (χ2v) is 6.24. The van der Waals surface area contributed by atoms with Gasteiger partial charge in [0.25, 0.3) is 5.91 Å². The van der Waals surface area contributed by atoms with Gasteiger partial charge in [-0.15, -0.1) is 0 Å². The predicted molar refractivity (Wildman–Crippen MR) is 83.0 cm³/mol. The number of hydrogen-bond acceptors (Lipinski definition) is 4. The van der Waals surface area contributed by atoms with E-state index in [-0.39, 0.29) is 18.0 Å². The molecule has 2 aliphatic heterocycles. The Balaban J connectivity index is 1.52. The zero-order valence-corrected chi connectivity index (χ0v) is 12.9. The van der Waals surface area contributed by atoms with Gasteiger partial charge in [0.1, 0.15) is 0 Å². The topological polar surface area (TPSA) is 61.8 Å². The lowest BCUT2D eigenvalue weighted by atomic mass is 10.1. The van der Waals surface area contributed by atoms with E-state index in [2.05, 4.69) is 17.4 Å². The average molecular weight is 304 g/mol. The molecule has 0 bridgehead atoms. The molecule has 0 saturated carbocycles. The maximum Gasteiger partial charge on any atom is 0.267 e. The molecule has 2 heterocycles. The Morgan fingerprint density at radius 3 is 2.95 bits per heavy atom. The minimum absolute atomic E-state index is 0.0423. The van der Waals surface area contributed by atoms with Crippen LogP contribution in [0.1, 0.15) is 31.7 Å². The van der Waals surface area contributed by atoms with E-state index in [0.717, 1.165) is 32.2 Å². The second-order valence-electron chi connectivity index (χ2n) is 6.24. The van der Waals surface area contributed by atoms with Crippen LogP contribution in [0.25, 0.3) is 0 Å². The zero-order valence-electron chi connectivity index (χ0n) is 12.9. The van der Waals surface area contributed by atoms with Crippen molar-refractivity contribution in [2.75, 3.05) is 6.54 Å². The molecule has 2 saturated heterocycles.